The number of anilines is 1. The number of amides is 1. The molecule has 1 aliphatic carbocycles. The molecule has 1 saturated heterocycles. The molecule has 1 fully saturated rings. The van der Waals surface area contributed by atoms with Crippen molar-refractivity contribution in [2.45, 2.75) is 52.4 Å². The summed E-state index contributed by atoms with van der Waals surface area (Å²) in [5, 5.41) is 3.27. The minimum Gasteiger partial charge on any atom is -0.352 e. The summed E-state index contributed by atoms with van der Waals surface area (Å²) in [6.45, 7) is 7.60. The highest BCUT2D eigenvalue weighted by Crippen LogP contribution is 2.39. The van der Waals surface area contributed by atoms with Gasteiger partial charge in [-0.25, -0.2) is 9.97 Å². The Balaban J connectivity index is 1.46. The fourth-order valence-corrected chi connectivity index (χ4v) is 6.69. The number of hydrogen-bond acceptors (Lipinski definition) is 6. The van der Waals surface area contributed by atoms with Gasteiger partial charge in [0.2, 0.25) is 0 Å². The van der Waals surface area contributed by atoms with Crippen molar-refractivity contribution in [3.63, 3.8) is 0 Å². The van der Waals surface area contributed by atoms with E-state index in [4.69, 9.17) is 9.97 Å². The third-order valence-corrected chi connectivity index (χ3v) is 8.32. The van der Waals surface area contributed by atoms with Gasteiger partial charge < -0.3 is 9.80 Å². The van der Waals surface area contributed by atoms with Crippen LogP contribution in [0.4, 0.5) is 5.82 Å². The van der Waals surface area contributed by atoms with Crippen LogP contribution in [0, 0.1) is 5.92 Å². The van der Waals surface area contributed by atoms with Crippen molar-refractivity contribution in [1.82, 2.24) is 14.9 Å². The molecule has 0 spiro atoms. The first-order valence-corrected chi connectivity index (χ1v) is 13.2. The summed E-state index contributed by atoms with van der Waals surface area (Å²) in [6.07, 6.45) is 7.08. The van der Waals surface area contributed by atoms with Gasteiger partial charge in [-0.15, -0.1) is 22.7 Å². The first kappa shape index (κ1) is 20.9. The van der Waals surface area contributed by atoms with Crippen molar-refractivity contribution >= 4 is 44.6 Å². The van der Waals surface area contributed by atoms with E-state index in [0.29, 0.717) is 5.92 Å². The van der Waals surface area contributed by atoms with Crippen LogP contribution in [0.1, 0.15) is 59.0 Å². The standard InChI is InChI=1S/C24H30N4OS2/c1-16(2)15-20-25-22(21-17-7-4-3-5-8-18(17)31-23(21)26-20)27-10-12-28(13-11-27)24(29)19-9-6-14-30-19/h6,9,14,16H,3-5,7-8,10-13,15H2,1-2H3. The number of hydrogen-bond donors (Lipinski definition) is 0. The predicted octanol–water partition coefficient (Wildman–Crippen LogP) is 5.18. The minimum absolute atomic E-state index is 0.160. The van der Waals surface area contributed by atoms with E-state index >= 15 is 0 Å². The van der Waals surface area contributed by atoms with E-state index in [9.17, 15) is 4.79 Å². The molecule has 0 saturated carbocycles. The van der Waals surface area contributed by atoms with Crippen LogP contribution in [-0.2, 0) is 19.3 Å². The van der Waals surface area contributed by atoms with Gasteiger partial charge >= 0.3 is 0 Å². The van der Waals surface area contributed by atoms with Gasteiger partial charge in [-0.2, -0.15) is 0 Å². The Morgan fingerprint density at radius 1 is 1.10 bits per heavy atom. The second kappa shape index (κ2) is 8.87. The molecule has 0 aromatic carbocycles. The molecule has 0 bridgehead atoms. The number of nitrogens with zero attached hydrogens (tertiary/aromatic N) is 4. The summed E-state index contributed by atoms with van der Waals surface area (Å²) in [7, 11) is 0. The molecule has 3 aromatic rings. The van der Waals surface area contributed by atoms with E-state index in [1.54, 1.807) is 0 Å². The highest BCUT2D eigenvalue weighted by atomic mass is 32.1. The van der Waals surface area contributed by atoms with Crippen LogP contribution in [0.15, 0.2) is 17.5 Å². The highest BCUT2D eigenvalue weighted by molar-refractivity contribution is 7.19. The van der Waals surface area contributed by atoms with Gasteiger partial charge in [0.05, 0.1) is 10.3 Å². The SMILES string of the molecule is CC(C)Cc1nc(N2CCN(C(=O)c3cccs3)CC2)c2c3c(sc2n1)CCCCC3. The Kier molecular flexibility index (Phi) is 5.97. The number of carbonyl (C=O) groups is 1. The smallest absolute Gasteiger partial charge is 0.264 e. The Labute approximate surface area is 192 Å². The van der Waals surface area contributed by atoms with E-state index in [-0.39, 0.29) is 5.91 Å². The van der Waals surface area contributed by atoms with Crippen molar-refractivity contribution < 1.29 is 4.79 Å². The minimum atomic E-state index is 0.160. The normalized spacial score (nSPS) is 17.3. The molecule has 1 amide bonds. The predicted molar refractivity (Wildman–Crippen MR) is 130 cm³/mol. The maximum atomic E-state index is 12.8. The molecule has 0 unspecified atom stereocenters. The van der Waals surface area contributed by atoms with Gasteiger partial charge in [-0.1, -0.05) is 26.3 Å². The second-order valence-electron chi connectivity index (χ2n) is 9.06. The fraction of sp³-hybridized carbons (Fsp3) is 0.542. The van der Waals surface area contributed by atoms with E-state index in [1.165, 1.54) is 57.7 Å². The van der Waals surface area contributed by atoms with E-state index in [0.717, 1.165) is 55.5 Å². The number of aryl methyl sites for hydroxylation is 2. The quantitative estimate of drug-likeness (QED) is 0.510. The molecule has 0 radical (unpaired) electrons. The summed E-state index contributed by atoms with van der Waals surface area (Å²) < 4.78 is 0. The van der Waals surface area contributed by atoms with Crippen LogP contribution in [0.3, 0.4) is 0 Å². The second-order valence-corrected chi connectivity index (χ2v) is 11.1. The summed E-state index contributed by atoms with van der Waals surface area (Å²) in [5.74, 6) is 2.77. The van der Waals surface area contributed by atoms with Gasteiger partial charge in [-0.05, 0) is 48.6 Å². The van der Waals surface area contributed by atoms with E-state index in [2.05, 4.69) is 18.7 Å². The topological polar surface area (TPSA) is 49.3 Å². The lowest BCUT2D eigenvalue weighted by atomic mass is 10.1. The number of fused-ring (bicyclic) bond motifs is 3. The maximum Gasteiger partial charge on any atom is 0.264 e. The van der Waals surface area contributed by atoms with Gasteiger partial charge in [-0.3, -0.25) is 4.79 Å². The molecule has 1 aliphatic heterocycles. The van der Waals surface area contributed by atoms with Crippen LogP contribution in [0.25, 0.3) is 10.2 Å². The molecule has 0 atom stereocenters. The average Bonchev–Trinajstić information content (AvgIpc) is 3.35. The maximum absolute atomic E-state index is 12.8. The molecule has 164 valence electrons. The van der Waals surface area contributed by atoms with Gasteiger partial charge in [0.1, 0.15) is 16.5 Å². The van der Waals surface area contributed by atoms with Crippen molar-refractivity contribution in [3.8, 4) is 0 Å². The molecule has 7 heteroatoms. The molecule has 3 aromatic heterocycles. The number of rotatable bonds is 4. The summed E-state index contributed by atoms with van der Waals surface area (Å²) in [5.41, 5.74) is 1.50. The molecule has 31 heavy (non-hydrogen) atoms. The molecule has 5 rings (SSSR count). The summed E-state index contributed by atoms with van der Waals surface area (Å²) in [6, 6.07) is 3.87. The largest absolute Gasteiger partial charge is 0.352 e. The fourth-order valence-electron chi connectivity index (χ4n) is 4.72. The zero-order valence-electron chi connectivity index (χ0n) is 18.4. The third-order valence-electron chi connectivity index (χ3n) is 6.28. The molecule has 5 nitrogen and oxygen atoms in total. The molecule has 0 N–H and O–H groups in total. The average molecular weight is 455 g/mol. The van der Waals surface area contributed by atoms with Crippen molar-refractivity contribution in [2.24, 2.45) is 5.92 Å². The van der Waals surface area contributed by atoms with E-state index in [1.807, 2.05) is 33.7 Å². The van der Waals surface area contributed by atoms with Gasteiger partial charge in [0.25, 0.3) is 5.91 Å². The number of piperazine rings is 1. The third kappa shape index (κ3) is 4.22. The number of carbonyl (C=O) groups excluding carboxylic acids is 1. The highest BCUT2D eigenvalue weighted by Gasteiger charge is 2.27. The molecular weight excluding hydrogens is 424 g/mol. The zero-order chi connectivity index (χ0) is 21.4. The molecular formula is C24H30N4OS2. The number of thiophene rings is 2. The Hall–Kier alpha value is -1.99. The van der Waals surface area contributed by atoms with Crippen LogP contribution in [0.5, 0.6) is 0 Å². The lowest BCUT2D eigenvalue weighted by Crippen LogP contribution is -2.49. The van der Waals surface area contributed by atoms with Crippen LogP contribution < -0.4 is 4.90 Å². The Morgan fingerprint density at radius 2 is 1.90 bits per heavy atom. The Bertz CT molecular complexity index is 1070. The van der Waals surface area contributed by atoms with Crippen LogP contribution in [-0.4, -0.2) is 47.0 Å². The lowest BCUT2D eigenvalue weighted by molar-refractivity contribution is 0.0751. The van der Waals surface area contributed by atoms with Crippen molar-refractivity contribution in [3.05, 3.63) is 38.7 Å². The molecule has 4 heterocycles. The van der Waals surface area contributed by atoms with Crippen molar-refractivity contribution in [2.75, 3.05) is 31.1 Å². The van der Waals surface area contributed by atoms with Gasteiger partial charge in [0, 0.05) is 37.5 Å². The van der Waals surface area contributed by atoms with Crippen molar-refractivity contribution in [1.29, 1.82) is 0 Å². The number of aromatic nitrogens is 2. The van der Waals surface area contributed by atoms with Crippen LogP contribution in [0.2, 0.25) is 0 Å². The summed E-state index contributed by atoms with van der Waals surface area (Å²) in [4.78, 5) is 30.8. The first-order chi connectivity index (χ1) is 15.1. The molecule has 2 aliphatic rings. The first-order valence-electron chi connectivity index (χ1n) is 11.5. The van der Waals surface area contributed by atoms with E-state index < -0.39 is 0 Å². The summed E-state index contributed by atoms with van der Waals surface area (Å²) >= 11 is 3.42. The van der Waals surface area contributed by atoms with Gasteiger partial charge in [0.15, 0.2) is 0 Å². The Morgan fingerprint density at radius 3 is 2.65 bits per heavy atom. The lowest BCUT2D eigenvalue weighted by Gasteiger charge is -2.35. The zero-order valence-corrected chi connectivity index (χ0v) is 20.0. The monoisotopic (exact) mass is 454 g/mol. The van der Waals surface area contributed by atoms with Crippen LogP contribution >= 0.6 is 22.7 Å².